The van der Waals surface area contributed by atoms with E-state index in [9.17, 15) is 25.5 Å². The zero-order valence-electron chi connectivity index (χ0n) is 22.6. The molecule has 1 aliphatic carbocycles. The number of aliphatic hydroxyl groups excluding tert-OH is 5. The molecule has 0 bridgehead atoms. The number of ether oxygens (including phenoxy) is 6. The molecular formula is C24H47N5O11. The largest absolute Gasteiger partial charge is 0.394 e. The van der Waals surface area contributed by atoms with E-state index in [1.807, 2.05) is 0 Å². The Morgan fingerprint density at radius 2 is 1.38 bits per heavy atom. The van der Waals surface area contributed by atoms with Crippen molar-refractivity contribution in [1.29, 1.82) is 0 Å². The average molecular weight is 582 g/mol. The lowest BCUT2D eigenvalue weighted by molar-refractivity contribution is -0.301. The number of aliphatic hydroxyl groups is 5. The first kappa shape index (κ1) is 32.3. The normalized spacial score (nSPS) is 52.1. The lowest BCUT2D eigenvalue weighted by Crippen LogP contribution is -2.65. The molecule has 17 atom stereocenters. The van der Waals surface area contributed by atoms with Crippen LogP contribution in [0, 0.1) is 5.92 Å². The maximum absolute atomic E-state index is 11.2. The third kappa shape index (κ3) is 6.62. The van der Waals surface area contributed by atoms with Gasteiger partial charge in [-0.2, -0.15) is 0 Å². The molecule has 234 valence electrons. The van der Waals surface area contributed by atoms with Crippen molar-refractivity contribution in [2.45, 2.75) is 131 Å². The van der Waals surface area contributed by atoms with Crippen LogP contribution in [0.15, 0.2) is 0 Å². The van der Waals surface area contributed by atoms with Crippen molar-refractivity contribution < 1.29 is 54.0 Å². The highest BCUT2D eigenvalue weighted by atomic mass is 16.8. The minimum absolute atomic E-state index is 0.221. The van der Waals surface area contributed by atoms with E-state index >= 15 is 0 Å². The van der Waals surface area contributed by atoms with Gasteiger partial charge in [-0.1, -0.05) is 6.92 Å². The van der Waals surface area contributed by atoms with Gasteiger partial charge in [0, 0.05) is 24.5 Å². The molecule has 0 aromatic heterocycles. The van der Waals surface area contributed by atoms with Crippen molar-refractivity contribution in [3.05, 3.63) is 0 Å². The maximum Gasteiger partial charge on any atom is 0.187 e. The Labute approximate surface area is 232 Å². The summed E-state index contributed by atoms with van der Waals surface area (Å²) < 4.78 is 35.4. The van der Waals surface area contributed by atoms with Crippen molar-refractivity contribution in [3.63, 3.8) is 0 Å². The highest BCUT2D eigenvalue weighted by Gasteiger charge is 2.53. The van der Waals surface area contributed by atoms with Gasteiger partial charge in [0.15, 0.2) is 18.9 Å². The predicted octanol–water partition coefficient (Wildman–Crippen LogP) is -5.18. The second-order valence-electron chi connectivity index (χ2n) is 11.2. The molecule has 0 aromatic rings. The molecule has 15 N–H and O–H groups in total. The van der Waals surface area contributed by atoms with Crippen LogP contribution in [-0.2, 0) is 28.4 Å². The van der Waals surface area contributed by atoms with Crippen LogP contribution >= 0.6 is 0 Å². The van der Waals surface area contributed by atoms with Crippen molar-refractivity contribution >= 4 is 0 Å². The number of rotatable bonds is 9. The highest BCUT2D eigenvalue weighted by Crippen LogP contribution is 2.35. The van der Waals surface area contributed by atoms with Crippen LogP contribution in [0.5, 0.6) is 0 Å². The number of nitrogens with two attached hydrogens (primary N) is 5. The summed E-state index contributed by atoms with van der Waals surface area (Å²) in [7, 11) is 0. The molecule has 3 aliphatic heterocycles. The van der Waals surface area contributed by atoms with E-state index in [0.717, 1.165) is 0 Å². The summed E-state index contributed by atoms with van der Waals surface area (Å²) in [5.74, 6) is -0.674. The molecule has 0 radical (unpaired) electrons. The molecule has 16 heteroatoms. The van der Waals surface area contributed by atoms with Crippen LogP contribution < -0.4 is 28.7 Å². The molecule has 4 rings (SSSR count). The van der Waals surface area contributed by atoms with Crippen LogP contribution in [-0.4, -0.2) is 137 Å². The fourth-order valence-electron chi connectivity index (χ4n) is 5.89. The second-order valence-corrected chi connectivity index (χ2v) is 11.2. The molecule has 0 amide bonds. The van der Waals surface area contributed by atoms with E-state index in [0.29, 0.717) is 19.3 Å². The monoisotopic (exact) mass is 581 g/mol. The van der Waals surface area contributed by atoms with Gasteiger partial charge in [-0.15, -0.1) is 0 Å². The number of hydrogen-bond acceptors (Lipinski definition) is 16. The molecule has 0 spiro atoms. The van der Waals surface area contributed by atoms with Crippen LogP contribution in [0.4, 0.5) is 0 Å². The van der Waals surface area contributed by atoms with Gasteiger partial charge in [0.05, 0.1) is 31.0 Å². The first-order chi connectivity index (χ1) is 19.0. The summed E-state index contributed by atoms with van der Waals surface area (Å²) >= 11 is 0. The SMILES string of the molecule is CCC1C(OC2C(CO)OC(OC3C(O)C(N)CC(N)C3OC3OC(CN)CCC3N)C2O)OC(N)C(O)C1O. The minimum Gasteiger partial charge on any atom is -0.394 e. The van der Waals surface area contributed by atoms with Crippen molar-refractivity contribution in [3.8, 4) is 0 Å². The van der Waals surface area contributed by atoms with Crippen molar-refractivity contribution in [2.75, 3.05) is 13.2 Å². The highest BCUT2D eigenvalue weighted by molar-refractivity contribution is 5.01. The van der Waals surface area contributed by atoms with Gasteiger partial charge in [0.2, 0.25) is 0 Å². The molecule has 4 fully saturated rings. The van der Waals surface area contributed by atoms with E-state index < -0.39 is 105 Å². The second kappa shape index (κ2) is 13.8. The van der Waals surface area contributed by atoms with Crippen molar-refractivity contribution in [2.24, 2.45) is 34.6 Å². The van der Waals surface area contributed by atoms with Gasteiger partial charge in [0.1, 0.15) is 42.9 Å². The lowest BCUT2D eigenvalue weighted by Gasteiger charge is -2.45. The van der Waals surface area contributed by atoms with E-state index in [2.05, 4.69) is 0 Å². The summed E-state index contributed by atoms with van der Waals surface area (Å²) in [6, 6.07) is -1.89. The summed E-state index contributed by atoms with van der Waals surface area (Å²) in [6.45, 7) is 1.50. The Morgan fingerprint density at radius 1 is 0.700 bits per heavy atom. The summed E-state index contributed by atoms with van der Waals surface area (Å²) in [5, 5.41) is 52.7. The quantitative estimate of drug-likeness (QED) is 0.122. The van der Waals surface area contributed by atoms with Crippen LogP contribution in [0.1, 0.15) is 32.6 Å². The molecule has 17 unspecified atom stereocenters. The summed E-state index contributed by atoms with van der Waals surface area (Å²) in [4.78, 5) is 0. The smallest absolute Gasteiger partial charge is 0.187 e. The molecular weight excluding hydrogens is 534 g/mol. The first-order valence-corrected chi connectivity index (χ1v) is 14.0. The summed E-state index contributed by atoms with van der Waals surface area (Å²) in [5.41, 5.74) is 30.3. The van der Waals surface area contributed by atoms with Crippen LogP contribution in [0.25, 0.3) is 0 Å². The zero-order chi connectivity index (χ0) is 29.3. The third-order valence-corrected chi connectivity index (χ3v) is 8.41. The number of hydrogen-bond donors (Lipinski definition) is 10. The zero-order valence-corrected chi connectivity index (χ0v) is 22.6. The maximum atomic E-state index is 11.2. The van der Waals surface area contributed by atoms with E-state index in [-0.39, 0.29) is 19.1 Å². The van der Waals surface area contributed by atoms with Gasteiger partial charge in [-0.3, -0.25) is 0 Å². The lowest BCUT2D eigenvalue weighted by atomic mass is 9.84. The van der Waals surface area contributed by atoms with Gasteiger partial charge >= 0.3 is 0 Å². The fraction of sp³-hybridized carbons (Fsp3) is 1.00. The van der Waals surface area contributed by atoms with Gasteiger partial charge in [-0.05, 0) is 25.7 Å². The predicted molar refractivity (Wildman–Crippen MR) is 137 cm³/mol. The van der Waals surface area contributed by atoms with Crippen LogP contribution in [0.3, 0.4) is 0 Å². The Balaban J connectivity index is 1.48. The Kier molecular flexibility index (Phi) is 11.1. The first-order valence-electron chi connectivity index (χ1n) is 14.0. The topological polar surface area (TPSA) is 287 Å². The summed E-state index contributed by atoms with van der Waals surface area (Å²) in [6.07, 6.45) is -12.6. The third-order valence-electron chi connectivity index (χ3n) is 8.41. The molecule has 40 heavy (non-hydrogen) atoms. The minimum atomic E-state index is -1.48. The van der Waals surface area contributed by atoms with E-state index in [4.69, 9.17) is 57.1 Å². The Hall–Kier alpha value is -0.640. The van der Waals surface area contributed by atoms with E-state index in [1.54, 1.807) is 6.92 Å². The van der Waals surface area contributed by atoms with E-state index in [1.165, 1.54) is 0 Å². The fourth-order valence-corrected chi connectivity index (χ4v) is 5.89. The molecule has 0 aromatic carbocycles. The van der Waals surface area contributed by atoms with Crippen LogP contribution in [0.2, 0.25) is 0 Å². The van der Waals surface area contributed by atoms with Gasteiger partial charge in [-0.25, -0.2) is 0 Å². The standard InChI is InChI=1S/C24H47N5O11/c1-2-9-14(31)16(33)21(29)40-22(9)38-19-13(7-30)36-24(17(19)34)39-20-15(32)11(27)5-12(28)18(20)37-23-10(26)4-3-8(6-25)35-23/h8-24,30-34H,2-7,25-29H2,1H3. The molecule has 1 saturated carbocycles. The van der Waals surface area contributed by atoms with Gasteiger partial charge < -0.3 is 82.6 Å². The Bertz CT molecular complexity index is 806. The molecule has 3 saturated heterocycles. The molecule has 16 nitrogen and oxygen atoms in total. The Morgan fingerprint density at radius 3 is 2.02 bits per heavy atom. The molecule has 4 aliphatic rings. The van der Waals surface area contributed by atoms with Crippen molar-refractivity contribution in [1.82, 2.24) is 0 Å². The average Bonchev–Trinajstić information content (AvgIpc) is 3.22. The van der Waals surface area contributed by atoms with Gasteiger partial charge in [0.25, 0.3) is 0 Å². The molecule has 3 heterocycles.